The van der Waals surface area contributed by atoms with Gasteiger partial charge in [0, 0.05) is 0 Å². The zero-order valence-corrected chi connectivity index (χ0v) is 5.64. The van der Waals surface area contributed by atoms with Gasteiger partial charge in [0.05, 0.1) is 6.54 Å². The Bertz CT molecular complexity index is 145. The molecule has 4 N–H and O–H groups in total. The van der Waals surface area contributed by atoms with E-state index < -0.39 is 11.8 Å². The number of carbonyl (C=O) groups is 1. The average molecular weight is 148 g/mol. The van der Waals surface area contributed by atoms with Crippen LogP contribution in [0.25, 0.3) is 0 Å². The van der Waals surface area contributed by atoms with Crippen LogP contribution >= 0.6 is 0 Å². The highest BCUT2D eigenvalue weighted by Crippen LogP contribution is 1.99. The number of unbranched alkanes of at least 4 members (excludes halogenated alkanes) is 1. The van der Waals surface area contributed by atoms with Crippen molar-refractivity contribution in [1.29, 1.82) is 0 Å². The molecule has 0 aliphatic carbocycles. The van der Waals surface area contributed by atoms with E-state index in [1.54, 1.807) is 0 Å². The first-order chi connectivity index (χ1) is 4.68. The lowest BCUT2D eigenvalue weighted by molar-refractivity contribution is -0.368. The first kappa shape index (κ1) is 9.10. The zero-order chi connectivity index (χ0) is 7.98. The molecule has 0 aliphatic heterocycles. The second-order valence-electron chi connectivity index (χ2n) is 1.85. The van der Waals surface area contributed by atoms with E-state index in [0.717, 1.165) is 12.5 Å². The summed E-state index contributed by atoms with van der Waals surface area (Å²) in [6.07, 6.45) is 2.23. The number of aliphatic carboxylic acids is 1. The Kier molecular flexibility index (Phi) is 4.49. The van der Waals surface area contributed by atoms with E-state index in [2.05, 4.69) is 5.73 Å². The van der Waals surface area contributed by atoms with E-state index in [0.29, 0.717) is 13.0 Å². The minimum Gasteiger partial charge on any atom is -0.476 e. The summed E-state index contributed by atoms with van der Waals surface area (Å²) in [5, 5.41) is 8.02. The lowest BCUT2D eigenvalue weighted by Crippen LogP contribution is -2.49. The van der Waals surface area contributed by atoms with E-state index >= 15 is 0 Å². The highest BCUT2D eigenvalue weighted by atomic mass is 19.1. The molecule has 0 aromatic carbocycles. The van der Waals surface area contributed by atoms with Crippen molar-refractivity contribution in [3.63, 3.8) is 0 Å². The van der Waals surface area contributed by atoms with Crippen molar-refractivity contribution in [3.8, 4) is 0 Å². The third kappa shape index (κ3) is 4.03. The van der Waals surface area contributed by atoms with Crippen molar-refractivity contribution in [1.82, 2.24) is 0 Å². The fraction of sp³-hybridized carbons (Fsp3) is 0.500. The first-order valence-corrected chi connectivity index (χ1v) is 3.06. The Morgan fingerprint density at radius 1 is 1.70 bits per heavy atom. The van der Waals surface area contributed by atoms with Crippen LogP contribution in [-0.2, 0) is 4.79 Å². The van der Waals surface area contributed by atoms with Gasteiger partial charge in [0.1, 0.15) is 0 Å². The summed E-state index contributed by atoms with van der Waals surface area (Å²) in [6.45, 7) is 0.698. The Hall–Kier alpha value is -0.900. The second kappa shape index (κ2) is 4.93. The van der Waals surface area contributed by atoms with Gasteiger partial charge < -0.3 is 10.8 Å². The standard InChI is InChI=1S/C6H10FNO2/c7-5(6(9)10)3-1-2-4-8/h3H,1-2,4,8H2,(H,9,10)/p+1/b5-3-. The number of carboxylic acid groups (broad SMARTS) is 1. The quantitative estimate of drug-likeness (QED) is 0.433. The summed E-state index contributed by atoms with van der Waals surface area (Å²) < 4.78 is 12.1. The summed E-state index contributed by atoms with van der Waals surface area (Å²) in [5.41, 5.74) is 3.53. The van der Waals surface area contributed by atoms with Crippen LogP contribution in [-0.4, -0.2) is 17.6 Å². The van der Waals surface area contributed by atoms with Crippen LogP contribution < -0.4 is 5.73 Å². The molecule has 0 saturated heterocycles. The molecular formula is C6H11FNO2+. The molecule has 0 aromatic heterocycles. The lowest BCUT2D eigenvalue weighted by atomic mass is 10.3. The van der Waals surface area contributed by atoms with Gasteiger partial charge in [-0.15, -0.1) is 0 Å². The highest BCUT2D eigenvalue weighted by Gasteiger charge is 2.02. The van der Waals surface area contributed by atoms with Crippen molar-refractivity contribution >= 4 is 5.97 Å². The Balaban J connectivity index is 3.58. The van der Waals surface area contributed by atoms with Crippen LogP contribution in [0.4, 0.5) is 4.39 Å². The molecule has 10 heavy (non-hydrogen) atoms. The van der Waals surface area contributed by atoms with Crippen LogP contribution in [0.3, 0.4) is 0 Å². The zero-order valence-electron chi connectivity index (χ0n) is 5.64. The van der Waals surface area contributed by atoms with Gasteiger partial charge in [-0.05, 0) is 18.9 Å². The van der Waals surface area contributed by atoms with Crippen molar-refractivity contribution in [3.05, 3.63) is 11.9 Å². The molecular weight excluding hydrogens is 137 g/mol. The molecule has 0 aromatic rings. The molecule has 0 heterocycles. The third-order valence-electron chi connectivity index (χ3n) is 0.982. The van der Waals surface area contributed by atoms with Gasteiger partial charge >= 0.3 is 5.97 Å². The fourth-order valence-corrected chi connectivity index (χ4v) is 0.460. The molecule has 4 heteroatoms. The summed E-state index contributed by atoms with van der Waals surface area (Å²) in [4.78, 5) is 9.83. The minimum atomic E-state index is -1.50. The van der Waals surface area contributed by atoms with E-state index in [-0.39, 0.29) is 0 Å². The van der Waals surface area contributed by atoms with E-state index in [1.165, 1.54) is 0 Å². The second-order valence-corrected chi connectivity index (χ2v) is 1.85. The van der Waals surface area contributed by atoms with Crippen LogP contribution in [0.5, 0.6) is 0 Å². The number of hydrogen-bond donors (Lipinski definition) is 2. The van der Waals surface area contributed by atoms with Crippen LogP contribution in [0.1, 0.15) is 12.8 Å². The van der Waals surface area contributed by atoms with Gasteiger partial charge in [-0.3, -0.25) is 0 Å². The number of carboxylic acids is 1. The maximum Gasteiger partial charge on any atom is 0.364 e. The Morgan fingerprint density at radius 3 is 2.70 bits per heavy atom. The van der Waals surface area contributed by atoms with Crippen LogP contribution in [0.15, 0.2) is 11.9 Å². The van der Waals surface area contributed by atoms with Gasteiger partial charge in [0.25, 0.3) is 0 Å². The molecule has 0 bridgehead atoms. The molecule has 0 saturated carbocycles. The van der Waals surface area contributed by atoms with Crippen molar-refractivity contribution in [2.24, 2.45) is 0 Å². The van der Waals surface area contributed by atoms with Crippen molar-refractivity contribution in [2.75, 3.05) is 6.54 Å². The molecule has 0 atom stereocenters. The highest BCUT2D eigenvalue weighted by molar-refractivity contribution is 5.83. The molecule has 0 unspecified atom stereocenters. The lowest BCUT2D eigenvalue weighted by Gasteiger charge is -1.87. The van der Waals surface area contributed by atoms with Crippen molar-refractivity contribution in [2.45, 2.75) is 12.8 Å². The monoisotopic (exact) mass is 148 g/mol. The first-order valence-electron chi connectivity index (χ1n) is 3.06. The predicted molar refractivity (Wildman–Crippen MR) is 33.8 cm³/mol. The summed E-state index contributed by atoms with van der Waals surface area (Å²) in [6, 6.07) is 0. The SMILES string of the molecule is [NH3+]CCC/C=C(\F)C(=O)O. The van der Waals surface area contributed by atoms with Gasteiger partial charge in [-0.2, -0.15) is 4.39 Å². The minimum absolute atomic E-state index is 0.446. The Morgan fingerprint density at radius 2 is 2.30 bits per heavy atom. The number of halogens is 1. The van der Waals surface area contributed by atoms with Gasteiger partial charge in [-0.1, -0.05) is 0 Å². The number of allylic oxidation sites excluding steroid dienone is 1. The molecule has 0 rings (SSSR count). The summed E-state index contributed by atoms with van der Waals surface area (Å²) >= 11 is 0. The van der Waals surface area contributed by atoms with E-state index in [4.69, 9.17) is 5.11 Å². The molecule has 3 nitrogen and oxygen atoms in total. The van der Waals surface area contributed by atoms with E-state index in [9.17, 15) is 9.18 Å². The molecule has 0 fully saturated rings. The third-order valence-corrected chi connectivity index (χ3v) is 0.982. The average Bonchev–Trinajstić information content (AvgIpc) is 1.88. The van der Waals surface area contributed by atoms with Gasteiger partial charge in [-0.25, -0.2) is 4.79 Å². The fourth-order valence-electron chi connectivity index (χ4n) is 0.460. The molecule has 0 aliphatic rings. The normalized spacial score (nSPS) is 11.6. The molecule has 58 valence electrons. The molecule has 0 radical (unpaired) electrons. The molecule has 0 spiro atoms. The molecule has 0 amide bonds. The smallest absolute Gasteiger partial charge is 0.364 e. The van der Waals surface area contributed by atoms with Crippen molar-refractivity contribution < 1.29 is 20.0 Å². The summed E-state index contributed by atoms with van der Waals surface area (Å²) in [5.74, 6) is -2.57. The predicted octanol–water partition coefficient (Wildman–Crippen LogP) is -0.0535. The Labute approximate surface area is 58.3 Å². The van der Waals surface area contributed by atoms with Gasteiger partial charge in [0.15, 0.2) is 0 Å². The maximum atomic E-state index is 12.1. The van der Waals surface area contributed by atoms with Crippen LogP contribution in [0.2, 0.25) is 0 Å². The van der Waals surface area contributed by atoms with E-state index in [1.807, 2.05) is 0 Å². The summed E-state index contributed by atoms with van der Waals surface area (Å²) in [7, 11) is 0. The number of quaternary nitrogens is 1. The topological polar surface area (TPSA) is 64.9 Å². The maximum absolute atomic E-state index is 12.1. The van der Waals surface area contributed by atoms with Crippen LogP contribution in [0, 0.1) is 0 Å². The number of hydrogen-bond acceptors (Lipinski definition) is 1. The van der Waals surface area contributed by atoms with Gasteiger partial charge in [0.2, 0.25) is 5.83 Å². The number of rotatable bonds is 4. The largest absolute Gasteiger partial charge is 0.476 e.